The number of thiophene rings is 1. The van der Waals surface area contributed by atoms with E-state index in [2.05, 4.69) is 0 Å². The standard InChI is InChI=1S/C20H22O5S/c1-3-24-19(22)18(20(23)25-4-2)15(17-11-8-12-26-17)13-16(21)14-9-6-5-7-10-14/h5-12,15,18H,3-4,13H2,1-2H3. The summed E-state index contributed by atoms with van der Waals surface area (Å²) in [4.78, 5) is 38.5. The predicted octanol–water partition coefficient (Wildman–Crippen LogP) is 3.85. The van der Waals surface area contributed by atoms with Crippen molar-refractivity contribution in [2.75, 3.05) is 13.2 Å². The molecule has 1 heterocycles. The third-order valence-corrected chi connectivity index (χ3v) is 4.90. The van der Waals surface area contributed by atoms with Gasteiger partial charge in [0.25, 0.3) is 0 Å². The van der Waals surface area contributed by atoms with E-state index in [0.717, 1.165) is 4.88 Å². The van der Waals surface area contributed by atoms with Gasteiger partial charge in [0.2, 0.25) is 0 Å². The molecule has 0 bridgehead atoms. The Hall–Kier alpha value is -2.47. The minimum Gasteiger partial charge on any atom is -0.465 e. The van der Waals surface area contributed by atoms with Gasteiger partial charge in [-0.3, -0.25) is 14.4 Å². The summed E-state index contributed by atoms with van der Waals surface area (Å²) in [7, 11) is 0. The molecule has 26 heavy (non-hydrogen) atoms. The van der Waals surface area contributed by atoms with Crippen molar-refractivity contribution in [2.24, 2.45) is 5.92 Å². The fourth-order valence-corrected chi connectivity index (χ4v) is 3.58. The Morgan fingerprint density at radius 3 is 2.04 bits per heavy atom. The van der Waals surface area contributed by atoms with E-state index in [9.17, 15) is 14.4 Å². The average molecular weight is 374 g/mol. The fraction of sp³-hybridized carbons (Fsp3) is 0.350. The molecule has 0 aliphatic heterocycles. The van der Waals surface area contributed by atoms with Crippen LogP contribution < -0.4 is 0 Å². The first kappa shape index (κ1) is 19.8. The Kier molecular flexibility index (Phi) is 7.53. The van der Waals surface area contributed by atoms with Gasteiger partial charge in [0, 0.05) is 22.8 Å². The SMILES string of the molecule is CCOC(=O)C(C(=O)OCC)C(CC(=O)c1ccccc1)c1cccs1. The highest BCUT2D eigenvalue weighted by Gasteiger charge is 2.40. The van der Waals surface area contributed by atoms with E-state index in [1.54, 1.807) is 38.1 Å². The Morgan fingerprint density at radius 1 is 0.923 bits per heavy atom. The zero-order valence-corrected chi connectivity index (χ0v) is 15.7. The van der Waals surface area contributed by atoms with Crippen molar-refractivity contribution in [1.82, 2.24) is 0 Å². The van der Waals surface area contributed by atoms with Gasteiger partial charge in [-0.15, -0.1) is 11.3 Å². The predicted molar refractivity (Wildman–Crippen MR) is 99.2 cm³/mol. The maximum absolute atomic E-state index is 12.7. The monoisotopic (exact) mass is 374 g/mol. The van der Waals surface area contributed by atoms with Crippen molar-refractivity contribution >= 4 is 29.1 Å². The summed E-state index contributed by atoms with van der Waals surface area (Å²) >= 11 is 1.40. The van der Waals surface area contributed by atoms with Crippen molar-refractivity contribution in [1.29, 1.82) is 0 Å². The highest BCUT2D eigenvalue weighted by atomic mass is 32.1. The van der Waals surface area contributed by atoms with E-state index in [-0.39, 0.29) is 25.4 Å². The molecule has 138 valence electrons. The van der Waals surface area contributed by atoms with Crippen molar-refractivity contribution in [3.05, 3.63) is 58.3 Å². The molecule has 0 radical (unpaired) electrons. The van der Waals surface area contributed by atoms with Crippen molar-refractivity contribution < 1.29 is 23.9 Å². The second-order valence-electron chi connectivity index (χ2n) is 5.60. The molecule has 0 N–H and O–H groups in total. The van der Waals surface area contributed by atoms with Gasteiger partial charge in [-0.2, -0.15) is 0 Å². The van der Waals surface area contributed by atoms with Gasteiger partial charge in [0.05, 0.1) is 13.2 Å². The molecule has 2 rings (SSSR count). The zero-order chi connectivity index (χ0) is 18.9. The third-order valence-electron chi connectivity index (χ3n) is 3.89. The van der Waals surface area contributed by atoms with Crippen LogP contribution in [0, 0.1) is 5.92 Å². The lowest BCUT2D eigenvalue weighted by Crippen LogP contribution is -2.34. The van der Waals surface area contributed by atoms with E-state index in [1.165, 1.54) is 11.3 Å². The summed E-state index contributed by atoms with van der Waals surface area (Å²) in [5.74, 6) is -3.25. The number of hydrogen-bond donors (Lipinski definition) is 0. The summed E-state index contributed by atoms with van der Waals surface area (Å²) in [6.07, 6.45) is 0.0207. The molecule has 1 atom stereocenters. The minimum absolute atomic E-state index is 0.0207. The smallest absolute Gasteiger partial charge is 0.320 e. The second-order valence-corrected chi connectivity index (χ2v) is 6.58. The first-order chi connectivity index (χ1) is 12.6. The van der Waals surface area contributed by atoms with Gasteiger partial charge in [0.15, 0.2) is 11.7 Å². The number of carbonyl (C=O) groups excluding carboxylic acids is 3. The van der Waals surface area contributed by atoms with E-state index < -0.39 is 23.8 Å². The van der Waals surface area contributed by atoms with Crippen LogP contribution in [0.25, 0.3) is 0 Å². The van der Waals surface area contributed by atoms with Crippen LogP contribution in [0.1, 0.15) is 41.4 Å². The molecule has 0 saturated carbocycles. The van der Waals surface area contributed by atoms with E-state index in [4.69, 9.17) is 9.47 Å². The molecule has 1 aromatic heterocycles. The van der Waals surface area contributed by atoms with Crippen LogP contribution in [0.2, 0.25) is 0 Å². The van der Waals surface area contributed by atoms with Gasteiger partial charge in [-0.1, -0.05) is 36.4 Å². The van der Waals surface area contributed by atoms with E-state index in [0.29, 0.717) is 5.56 Å². The summed E-state index contributed by atoms with van der Waals surface area (Å²) in [5.41, 5.74) is 0.542. The average Bonchev–Trinajstić information content (AvgIpc) is 3.17. The van der Waals surface area contributed by atoms with Crippen molar-refractivity contribution in [2.45, 2.75) is 26.2 Å². The van der Waals surface area contributed by atoms with Gasteiger partial charge < -0.3 is 9.47 Å². The lowest BCUT2D eigenvalue weighted by molar-refractivity contribution is -0.162. The normalized spacial score (nSPS) is 11.8. The number of carbonyl (C=O) groups is 3. The summed E-state index contributed by atoms with van der Waals surface area (Å²) in [6.45, 7) is 3.65. The lowest BCUT2D eigenvalue weighted by atomic mass is 9.85. The second kappa shape index (κ2) is 9.87. The summed E-state index contributed by atoms with van der Waals surface area (Å²) < 4.78 is 10.2. The molecule has 1 unspecified atom stereocenters. The molecule has 0 aliphatic carbocycles. The Bertz CT molecular complexity index is 706. The van der Waals surface area contributed by atoms with E-state index >= 15 is 0 Å². The van der Waals surface area contributed by atoms with Crippen molar-refractivity contribution in [3.63, 3.8) is 0 Å². The molecule has 1 aromatic carbocycles. The van der Waals surface area contributed by atoms with Crippen LogP contribution in [0.15, 0.2) is 47.8 Å². The highest BCUT2D eigenvalue weighted by Crippen LogP contribution is 2.34. The Balaban J connectivity index is 2.35. The molecule has 5 nitrogen and oxygen atoms in total. The number of rotatable bonds is 9. The molecule has 0 amide bonds. The van der Waals surface area contributed by atoms with Crippen LogP contribution in [-0.4, -0.2) is 30.9 Å². The van der Waals surface area contributed by atoms with Crippen LogP contribution in [-0.2, 0) is 19.1 Å². The number of esters is 2. The van der Waals surface area contributed by atoms with Crippen LogP contribution >= 0.6 is 11.3 Å². The summed E-state index contributed by atoms with van der Waals surface area (Å²) in [6, 6.07) is 12.5. The number of ether oxygens (including phenoxy) is 2. The molecular weight excluding hydrogens is 352 g/mol. The van der Waals surface area contributed by atoms with E-state index in [1.807, 2.05) is 23.6 Å². The zero-order valence-electron chi connectivity index (χ0n) is 14.8. The Labute approximate surface area is 156 Å². The lowest BCUT2D eigenvalue weighted by Gasteiger charge is -2.23. The Morgan fingerprint density at radius 2 is 1.54 bits per heavy atom. The molecule has 2 aromatic rings. The molecule has 0 fully saturated rings. The van der Waals surface area contributed by atoms with Gasteiger partial charge in [0.1, 0.15) is 0 Å². The maximum Gasteiger partial charge on any atom is 0.320 e. The topological polar surface area (TPSA) is 69.7 Å². The van der Waals surface area contributed by atoms with Gasteiger partial charge in [-0.25, -0.2) is 0 Å². The van der Waals surface area contributed by atoms with Crippen LogP contribution in [0.3, 0.4) is 0 Å². The largest absolute Gasteiger partial charge is 0.465 e. The molecule has 6 heteroatoms. The van der Waals surface area contributed by atoms with Crippen molar-refractivity contribution in [3.8, 4) is 0 Å². The van der Waals surface area contributed by atoms with Gasteiger partial charge in [-0.05, 0) is 25.3 Å². The molecule has 0 aliphatic rings. The highest BCUT2D eigenvalue weighted by molar-refractivity contribution is 7.10. The number of benzene rings is 1. The summed E-state index contributed by atoms with van der Waals surface area (Å²) in [5, 5.41) is 1.85. The number of Topliss-reactive ketones (excluding diaryl/α,β-unsaturated/α-hetero) is 1. The minimum atomic E-state index is -1.17. The number of ketones is 1. The van der Waals surface area contributed by atoms with Crippen LogP contribution in [0.4, 0.5) is 0 Å². The molecular formula is C20H22O5S. The van der Waals surface area contributed by atoms with Gasteiger partial charge >= 0.3 is 11.9 Å². The first-order valence-corrected chi connectivity index (χ1v) is 9.41. The molecule has 0 saturated heterocycles. The first-order valence-electron chi connectivity index (χ1n) is 8.53. The third kappa shape index (κ3) is 5.02. The quantitative estimate of drug-likeness (QED) is 0.379. The maximum atomic E-state index is 12.7. The fourth-order valence-electron chi connectivity index (χ4n) is 2.72. The van der Waals surface area contributed by atoms with Crippen LogP contribution in [0.5, 0.6) is 0 Å². The molecule has 0 spiro atoms. The number of hydrogen-bond acceptors (Lipinski definition) is 6.